The molecule has 92 heavy (non-hydrogen) atoms. The third kappa shape index (κ3) is 21.2. The Morgan fingerprint density at radius 2 is 0.293 bits per heavy atom. The van der Waals surface area contributed by atoms with E-state index in [1.165, 1.54) is 0 Å². The van der Waals surface area contributed by atoms with Crippen LogP contribution in [0.25, 0.3) is 0 Å². The fourth-order valence-electron chi connectivity index (χ4n) is 9.85. The molecule has 0 amide bonds. The zero-order valence-electron chi connectivity index (χ0n) is 40.2. The lowest BCUT2D eigenvalue weighted by Crippen LogP contribution is -2.39. The number of fused-ring (bicyclic) bond motifs is 4. The van der Waals surface area contributed by atoms with Crippen molar-refractivity contribution in [1.82, 2.24) is 0 Å². The van der Waals surface area contributed by atoms with Gasteiger partial charge in [-0.05, 0) is 66.8 Å². The van der Waals surface area contributed by atoms with E-state index in [0.29, 0.717) is 0 Å². The first-order chi connectivity index (χ1) is 37.3. The molecule has 0 unspecified atom stereocenters. The predicted molar refractivity (Wildman–Crippen MR) is 305 cm³/mol. The van der Waals surface area contributed by atoms with Gasteiger partial charge in [-0.15, -0.1) is 0 Å². The van der Waals surface area contributed by atoms with Gasteiger partial charge in [0, 0.05) is 193 Å². The van der Waals surface area contributed by atoms with E-state index >= 15 is 0 Å². The van der Waals surface area contributed by atoms with Crippen LogP contribution in [0.3, 0.4) is 0 Å². The van der Waals surface area contributed by atoms with Crippen molar-refractivity contribution in [2.24, 2.45) is 0 Å². The van der Waals surface area contributed by atoms with Crippen molar-refractivity contribution in [3.8, 4) is 0 Å². The van der Waals surface area contributed by atoms with E-state index in [9.17, 15) is 138 Å². The lowest BCUT2D eigenvalue weighted by Gasteiger charge is -2.33. The van der Waals surface area contributed by atoms with Crippen molar-refractivity contribution >= 4 is 94.8 Å². The number of rotatable bonds is 24. The van der Waals surface area contributed by atoms with Gasteiger partial charge >= 0.3 is 0 Å². The molecule has 0 saturated carbocycles. The van der Waals surface area contributed by atoms with Crippen molar-refractivity contribution in [3.63, 3.8) is 0 Å². The van der Waals surface area contributed by atoms with Crippen LogP contribution in [0.4, 0.5) is 0 Å². The maximum Gasteiger partial charge on any atom is 0.195 e. The summed E-state index contributed by atoms with van der Waals surface area (Å²) >= 11 is 0. The molecule has 0 aliphatic heterocycles. The number of ketones is 4. The van der Waals surface area contributed by atoms with E-state index in [2.05, 4.69) is 0 Å². The highest BCUT2D eigenvalue weighted by molar-refractivity contribution is 6.32. The first kappa shape index (κ1) is 97.5. The van der Waals surface area contributed by atoms with Gasteiger partial charge in [-0.2, -0.15) is 0 Å². The molecule has 0 atom stereocenters. The number of hydrogen-bond acceptors (Lipinski definition) is 28. The van der Waals surface area contributed by atoms with Crippen molar-refractivity contribution < 1.29 is 138 Å². The number of carbonyl (C=O) groups excluding carboxylic acids is 16. The Bertz CT molecular complexity index is 3110. The first-order valence-electron chi connectivity index (χ1n) is 22.5. The van der Waals surface area contributed by atoms with E-state index in [4.69, 9.17) is 0 Å². The van der Waals surface area contributed by atoms with Gasteiger partial charge in [0.1, 0.15) is 0 Å². The molecule has 28 heteroatoms. The minimum absolute atomic E-state index is 0. The van der Waals surface area contributed by atoms with Gasteiger partial charge in [-0.3, -0.25) is 19.2 Å². The van der Waals surface area contributed by atoms with Crippen LogP contribution < -0.4 is 61.3 Å². The highest BCUT2D eigenvalue weighted by Crippen LogP contribution is 2.43. The highest BCUT2D eigenvalue weighted by atomic mass is 16.4. The molecule has 4 aromatic rings. The second-order valence-corrected chi connectivity index (χ2v) is 17.5. The lowest BCUT2D eigenvalue weighted by atomic mass is 9.69. The Balaban J connectivity index is -0.000000238. The Morgan fingerprint density at radius 3 is 0.413 bits per heavy atom. The molecule has 0 N–H and O–H groups in total. The van der Waals surface area contributed by atoms with Crippen LogP contribution in [0.1, 0.15) is 220 Å². The molecule has 0 heterocycles. The van der Waals surface area contributed by atoms with Crippen molar-refractivity contribution in [2.45, 2.75) is 166 Å². The number of carbonyl (C=O) groups is 16. The van der Waals surface area contributed by atoms with E-state index in [-0.39, 0.29) is 111 Å². The summed E-state index contributed by atoms with van der Waals surface area (Å²) in [6, 6.07) is 4.64. The van der Waals surface area contributed by atoms with Crippen LogP contribution in [0, 0.1) is 0 Å². The summed E-state index contributed by atoms with van der Waals surface area (Å²) in [6.07, 6.45) is -14.5. The summed E-state index contributed by atoms with van der Waals surface area (Å²) in [7, 11) is 0. The number of carboxylic acids is 12. The standard InChI is InChI=1S/C30H24O18.C22H16O10.12CH4/c31-17(32)1-9-10(2-18(33)34)14(6-22(41)42)26-25(13(9)5-21(39)40)29(47)27-15(7-23(43)44)11(3-19(35)36)12(4-20(37)38)16(8-24(45)46)28(27)30(26)48;23-13(24)5-9-1-2-10(6-14(25)26)18-17(9)21(31)19-11(7-15(27)28)3-4-12(8-16(29)30)20(19)22(18)32;;;;;;;;;;;;/h1-8H2,(H,31,32)(H,33,34)(H,35,36)(H,37,38)(H,39,40)(H,41,42)(H,43,44)(H,45,46);1-4H,5-8H2,(H,23,24)(H,25,26)(H,27,28)(H,29,30);12*1H4/p-12. The monoisotopic (exact) mass is 1290 g/mol. The molecule has 0 fully saturated rings. The molecule has 0 bridgehead atoms. The summed E-state index contributed by atoms with van der Waals surface area (Å²) < 4.78 is 0. The zero-order chi connectivity index (χ0) is 60.1. The fraction of sp³-hybridized carbons (Fsp3) is 0.375. The fourth-order valence-corrected chi connectivity index (χ4v) is 9.85. The van der Waals surface area contributed by atoms with Gasteiger partial charge in [-0.25, -0.2) is 0 Å². The molecule has 0 saturated heterocycles. The molecule has 28 nitrogen and oxygen atoms in total. The van der Waals surface area contributed by atoms with Gasteiger partial charge in [0.15, 0.2) is 23.1 Å². The molecule has 2 aliphatic rings. The average Bonchev–Trinajstić information content (AvgIpc) is 3.30. The van der Waals surface area contributed by atoms with Gasteiger partial charge in [0.05, 0.1) is 0 Å². The van der Waals surface area contributed by atoms with Gasteiger partial charge in [0.25, 0.3) is 0 Å². The quantitative estimate of drug-likeness (QED) is 0.0543. The maximum absolute atomic E-state index is 14.4. The van der Waals surface area contributed by atoms with Crippen LogP contribution in [-0.4, -0.2) is 94.8 Å². The number of hydrogen-bond donors (Lipinski definition) is 0. The predicted octanol–water partition coefficient (Wildman–Crippen LogP) is -7.93. The Kier molecular flexibility index (Phi) is 41.6. The molecule has 512 valence electrons. The Hall–Kier alpha value is -10.8. The third-order valence-corrected chi connectivity index (χ3v) is 12.4. The number of aliphatic carboxylic acids is 12. The second kappa shape index (κ2) is 39.3. The highest BCUT2D eigenvalue weighted by Gasteiger charge is 2.42. The van der Waals surface area contributed by atoms with Gasteiger partial charge in [0.2, 0.25) is 0 Å². The maximum atomic E-state index is 14.4. The van der Waals surface area contributed by atoms with E-state index < -0.39 is 261 Å². The molecule has 0 spiro atoms. The normalized spacial score (nSPS) is 10.3. The van der Waals surface area contributed by atoms with Crippen LogP contribution in [0.5, 0.6) is 0 Å². The topological polar surface area (TPSA) is 550 Å². The third-order valence-electron chi connectivity index (χ3n) is 12.4. The summed E-state index contributed by atoms with van der Waals surface area (Å²) in [5.41, 5.74) is -13.8. The number of carboxylic acid groups (broad SMARTS) is 12. The first-order valence-corrected chi connectivity index (χ1v) is 22.5. The summed E-state index contributed by atoms with van der Waals surface area (Å²) in [4.78, 5) is 195. The number of benzene rings is 4. The molecular weight excluding hydrogens is 1220 g/mol. The molecule has 0 radical (unpaired) electrons. The second-order valence-electron chi connectivity index (χ2n) is 17.5. The summed E-state index contributed by atoms with van der Waals surface area (Å²) in [5.74, 6) is -27.8. The molecular formula is C64H76O28-12. The largest absolute Gasteiger partial charge is 0.550 e. The van der Waals surface area contributed by atoms with Crippen LogP contribution in [-0.2, 0) is 135 Å². The van der Waals surface area contributed by atoms with Crippen molar-refractivity contribution in [2.75, 3.05) is 0 Å². The van der Waals surface area contributed by atoms with E-state index in [0.717, 1.165) is 24.3 Å². The van der Waals surface area contributed by atoms with E-state index in [1.807, 2.05) is 0 Å². The van der Waals surface area contributed by atoms with Crippen LogP contribution >= 0.6 is 0 Å². The summed E-state index contributed by atoms with van der Waals surface area (Å²) in [6.45, 7) is 0. The molecule has 4 aromatic carbocycles. The zero-order valence-corrected chi connectivity index (χ0v) is 40.2. The smallest absolute Gasteiger partial charge is 0.195 e. The van der Waals surface area contributed by atoms with Crippen molar-refractivity contribution in [1.29, 1.82) is 0 Å². The molecule has 6 rings (SSSR count). The van der Waals surface area contributed by atoms with Crippen LogP contribution in [0.15, 0.2) is 24.3 Å². The van der Waals surface area contributed by atoms with Crippen molar-refractivity contribution in [3.05, 3.63) is 136 Å². The molecule has 2 aliphatic carbocycles. The minimum Gasteiger partial charge on any atom is -0.550 e. The Labute approximate surface area is 532 Å². The van der Waals surface area contributed by atoms with Crippen LogP contribution in [0.2, 0.25) is 0 Å². The Morgan fingerprint density at radius 1 is 0.185 bits per heavy atom. The minimum atomic E-state index is -2.07. The van der Waals surface area contributed by atoms with E-state index in [1.54, 1.807) is 0 Å². The summed E-state index contributed by atoms with van der Waals surface area (Å²) in [5, 5.41) is 139. The lowest BCUT2D eigenvalue weighted by molar-refractivity contribution is -0.307. The van der Waals surface area contributed by atoms with Gasteiger partial charge < -0.3 is 119 Å². The molecule has 0 aromatic heterocycles. The SMILES string of the molecule is C.C.C.C.C.C.C.C.C.C.C.C.O=C([O-])Cc1c(CC(=O)[O-])c(CC(=O)[O-])c2c(c1CC(=O)[O-])C(=O)c1c(CC(=O)[O-])c(CC(=O)[O-])c(CC(=O)[O-])c(CC(=O)[O-])c1C2=O.O=C([O-])Cc1ccc(CC(=O)[O-])c2c1C(=O)c1c(CC(=O)[O-])ccc(CC(=O)[O-])c1C2=O. The van der Waals surface area contributed by atoms with Gasteiger partial charge in [-0.1, -0.05) is 113 Å². The average molecular weight is 1290 g/mol.